The van der Waals surface area contributed by atoms with E-state index in [9.17, 15) is 8.42 Å². The Morgan fingerprint density at radius 3 is 2.68 bits per heavy atom. The molecule has 1 aromatic rings. The van der Waals surface area contributed by atoms with Crippen molar-refractivity contribution in [1.29, 1.82) is 0 Å². The minimum atomic E-state index is -3.67. The summed E-state index contributed by atoms with van der Waals surface area (Å²) in [4.78, 5) is 0.196. The molecule has 2 aliphatic rings. The van der Waals surface area contributed by atoms with Crippen molar-refractivity contribution in [2.75, 3.05) is 5.01 Å². The number of nitrogens with two attached hydrogens (primary N) is 1. The van der Waals surface area contributed by atoms with E-state index < -0.39 is 10.0 Å². The van der Waals surface area contributed by atoms with Crippen LogP contribution in [0.3, 0.4) is 0 Å². The van der Waals surface area contributed by atoms with Gasteiger partial charge >= 0.3 is 0 Å². The largest absolute Gasteiger partial charge is 0.286 e. The summed E-state index contributed by atoms with van der Waals surface area (Å²) in [5.74, 6) is 7.18. The molecule has 0 bridgehead atoms. The van der Waals surface area contributed by atoms with Crippen LogP contribution >= 0.6 is 22.6 Å². The van der Waals surface area contributed by atoms with Crippen LogP contribution in [0.1, 0.15) is 39.0 Å². The van der Waals surface area contributed by atoms with Gasteiger partial charge in [0.2, 0.25) is 0 Å². The zero-order valence-electron chi connectivity index (χ0n) is 12.5. The first kappa shape index (κ1) is 16.2. The summed E-state index contributed by atoms with van der Waals surface area (Å²) in [7, 11) is -3.67. The fraction of sp³-hybridized carbons (Fsp3) is 0.533. The highest BCUT2D eigenvalue weighted by Gasteiger charge is 2.35. The molecule has 1 heterocycles. The average Bonchev–Trinajstić information content (AvgIpc) is 2.51. The van der Waals surface area contributed by atoms with Gasteiger partial charge in [-0.1, -0.05) is 26.2 Å². The topological polar surface area (TPSA) is 75.8 Å². The molecule has 7 heteroatoms. The van der Waals surface area contributed by atoms with E-state index in [4.69, 9.17) is 5.84 Å². The van der Waals surface area contributed by atoms with Crippen LogP contribution in [0.15, 0.2) is 27.5 Å². The Balaban J connectivity index is 2.00. The number of amidine groups is 1. The molecule has 1 aromatic carbocycles. The SMILES string of the molecule is C[C@H](C1=NS(=O)(=O)c2cc(I)ccc2N1N)C1CCCCC1. The van der Waals surface area contributed by atoms with Crippen molar-refractivity contribution in [3.8, 4) is 0 Å². The molecule has 0 saturated heterocycles. The number of benzene rings is 1. The Labute approximate surface area is 145 Å². The van der Waals surface area contributed by atoms with Crippen molar-refractivity contribution in [2.24, 2.45) is 22.1 Å². The van der Waals surface area contributed by atoms with Gasteiger partial charge in [-0.15, -0.1) is 4.40 Å². The molecule has 1 fully saturated rings. The predicted molar refractivity (Wildman–Crippen MR) is 96.2 cm³/mol. The Bertz CT molecular complexity index is 711. The molecule has 1 aliphatic carbocycles. The lowest BCUT2D eigenvalue weighted by Crippen LogP contribution is -2.46. The fourth-order valence-electron chi connectivity index (χ4n) is 3.38. The maximum Gasteiger partial charge on any atom is 0.286 e. The van der Waals surface area contributed by atoms with E-state index in [-0.39, 0.29) is 10.8 Å². The third-order valence-corrected chi connectivity index (χ3v) is 6.67. The van der Waals surface area contributed by atoms with Gasteiger partial charge in [-0.05, 0) is 59.5 Å². The summed E-state index contributed by atoms with van der Waals surface area (Å²) in [5, 5.41) is 1.46. The first-order valence-electron chi connectivity index (χ1n) is 7.59. The molecule has 0 radical (unpaired) electrons. The molecular formula is C15H20IN3O2S. The van der Waals surface area contributed by atoms with Gasteiger partial charge in [-0.25, -0.2) is 5.84 Å². The smallest absolute Gasteiger partial charge is 0.264 e. The van der Waals surface area contributed by atoms with Crippen LogP contribution in [0.25, 0.3) is 0 Å². The summed E-state index contributed by atoms with van der Waals surface area (Å²) >= 11 is 2.09. The molecule has 2 N–H and O–H groups in total. The zero-order chi connectivity index (χ0) is 15.9. The fourth-order valence-corrected chi connectivity index (χ4v) is 5.39. The molecule has 22 heavy (non-hydrogen) atoms. The predicted octanol–water partition coefficient (Wildman–Crippen LogP) is 3.29. The van der Waals surface area contributed by atoms with Crippen molar-refractivity contribution < 1.29 is 8.42 Å². The summed E-state index contributed by atoms with van der Waals surface area (Å²) in [6, 6.07) is 5.25. The number of fused-ring (bicyclic) bond motifs is 1. The summed E-state index contributed by atoms with van der Waals surface area (Å²) < 4.78 is 29.9. The van der Waals surface area contributed by atoms with Crippen LogP contribution in [-0.2, 0) is 10.0 Å². The highest BCUT2D eigenvalue weighted by Crippen LogP contribution is 2.36. The van der Waals surface area contributed by atoms with Gasteiger partial charge in [0, 0.05) is 9.49 Å². The van der Waals surface area contributed by atoms with E-state index >= 15 is 0 Å². The van der Waals surface area contributed by atoms with Crippen molar-refractivity contribution in [3.05, 3.63) is 21.8 Å². The Morgan fingerprint density at radius 2 is 2.00 bits per heavy atom. The molecule has 120 valence electrons. The van der Waals surface area contributed by atoms with Gasteiger partial charge in [-0.2, -0.15) is 8.42 Å². The maximum atomic E-state index is 12.5. The zero-order valence-corrected chi connectivity index (χ0v) is 15.5. The van der Waals surface area contributed by atoms with E-state index in [0.717, 1.165) is 16.4 Å². The molecule has 0 amide bonds. The van der Waals surface area contributed by atoms with Gasteiger partial charge in [-0.3, -0.25) is 5.01 Å². The third-order valence-electron chi connectivity index (χ3n) is 4.68. The van der Waals surface area contributed by atoms with Crippen molar-refractivity contribution >= 4 is 44.1 Å². The third kappa shape index (κ3) is 2.90. The molecule has 1 aliphatic heterocycles. The Hall–Kier alpha value is -0.670. The van der Waals surface area contributed by atoms with Gasteiger partial charge in [0.25, 0.3) is 10.0 Å². The number of hydrazine groups is 1. The number of nitrogens with zero attached hydrogens (tertiary/aromatic N) is 2. The molecule has 3 rings (SSSR count). The minimum Gasteiger partial charge on any atom is -0.264 e. The van der Waals surface area contributed by atoms with Crippen LogP contribution in [0.5, 0.6) is 0 Å². The minimum absolute atomic E-state index is 0.0486. The van der Waals surface area contributed by atoms with E-state index in [0.29, 0.717) is 17.4 Å². The highest BCUT2D eigenvalue weighted by atomic mass is 127. The van der Waals surface area contributed by atoms with Crippen LogP contribution < -0.4 is 10.9 Å². The highest BCUT2D eigenvalue weighted by molar-refractivity contribution is 14.1. The monoisotopic (exact) mass is 433 g/mol. The second-order valence-electron chi connectivity index (χ2n) is 6.09. The Kier molecular flexibility index (Phi) is 4.48. The van der Waals surface area contributed by atoms with E-state index in [1.807, 2.05) is 13.0 Å². The van der Waals surface area contributed by atoms with E-state index in [2.05, 4.69) is 27.0 Å². The number of hydrogen-bond donors (Lipinski definition) is 1. The van der Waals surface area contributed by atoms with Gasteiger partial charge < -0.3 is 0 Å². The number of sulfonamides is 1. The molecular weight excluding hydrogens is 413 g/mol. The molecule has 0 aromatic heterocycles. The molecule has 0 unspecified atom stereocenters. The van der Waals surface area contributed by atoms with E-state index in [1.165, 1.54) is 24.3 Å². The molecule has 1 atom stereocenters. The van der Waals surface area contributed by atoms with Crippen LogP contribution in [0, 0.1) is 15.4 Å². The second-order valence-corrected chi connectivity index (χ2v) is 8.91. The molecule has 1 saturated carbocycles. The van der Waals surface area contributed by atoms with Gasteiger partial charge in [0.15, 0.2) is 0 Å². The van der Waals surface area contributed by atoms with Crippen molar-refractivity contribution in [1.82, 2.24) is 0 Å². The average molecular weight is 433 g/mol. The molecule has 0 spiro atoms. The maximum absolute atomic E-state index is 12.5. The Morgan fingerprint density at radius 1 is 1.32 bits per heavy atom. The van der Waals surface area contributed by atoms with Gasteiger partial charge in [0.1, 0.15) is 10.7 Å². The van der Waals surface area contributed by atoms with Crippen LogP contribution in [0.4, 0.5) is 5.69 Å². The van der Waals surface area contributed by atoms with Crippen molar-refractivity contribution in [3.63, 3.8) is 0 Å². The lowest BCUT2D eigenvalue weighted by atomic mass is 9.80. The lowest BCUT2D eigenvalue weighted by molar-refractivity contribution is 0.310. The quantitative estimate of drug-likeness (QED) is 0.574. The normalized spacial score (nSPS) is 22.9. The van der Waals surface area contributed by atoms with E-state index in [1.54, 1.807) is 12.1 Å². The van der Waals surface area contributed by atoms with Crippen LogP contribution in [-0.4, -0.2) is 14.3 Å². The van der Waals surface area contributed by atoms with Crippen LogP contribution in [0.2, 0.25) is 0 Å². The molecule has 5 nitrogen and oxygen atoms in total. The summed E-state index contributed by atoms with van der Waals surface area (Å²) in [6.07, 6.45) is 5.91. The number of anilines is 1. The standard InChI is InChI=1S/C15H20IN3O2S/c1-10(11-5-3-2-4-6-11)15-18-22(20,21)14-9-12(16)7-8-13(14)19(15)17/h7-11H,2-6,17H2,1H3/t10-/m0/s1. The number of halogens is 1. The first-order valence-corrected chi connectivity index (χ1v) is 10.1. The number of rotatable bonds is 2. The lowest BCUT2D eigenvalue weighted by Gasteiger charge is -2.34. The summed E-state index contributed by atoms with van der Waals surface area (Å²) in [5.41, 5.74) is 0.521. The second kappa shape index (κ2) is 6.09. The summed E-state index contributed by atoms with van der Waals surface area (Å²) in [6.45, 7) is 2.04. The van der Waals surface area contributed by atoms with Crippen molar-refractivity contribution in [2.45, 2.75) is 43.9 Å². The first-order chi connectivity index (χ1) is 10.4. The number of hydrogen-bond acceptors (Lipinski definition) is 4. The van der Waals surface area contributed by atoms with Gasteiger partial charge in [0.05, 0.1) is 5.69 Å².